The molecule has 0 spiro atoms. The van der Waals surface area contributed by atoms with Gasteiger partial charge in [-0.05, 0) is 13.0 Å². The predicted octanol–water partition coefficient (Wildman–Crippen LogP) is 4.01. The van der Waals surface area contributed by atoms with E-state index in [1.54, 1.807) is 24.6 Å². The fraction of sp³-hybridized carbons (Fsp3) is 0.167. The number of halogens is 3. The number of aryl methyl sites for hydroxylation is 1. The first-order valence-corrected chi connectivity index (χ1v) is 6.31. The van der Waals surface area contributed by atoms with Gasteiger partial charge >= 0.3 is 6.18 Å². The van der Waals surface area contributed by atoms with Gasteiger partial charge in [0.2, 0.25) is 0 Å². The summed E-state index contributed by atoms with van der Waals surface area (Å²) in [5.74, 6) is 0. The molecule has 1 N–H and O–H groups in total. The number of aromatic amines is 1. The zero-order valence-electron chi connectivity index (χ0n) is 9.75. The SMILES string of the molecule is Cc1[nH]nc(C(F)(F)F)c1-c1cccc2scnc12. The van der Waals surface area contributed by atoms with E-state index in [4.69, 9.17) is 0 Å². The Balaban J connectivity index is 2.33. The molecule has 0 radical (unpaired) electrons. The number of hydrogen-bond donors (Lipinski definition) is 1. The van der Waals surface area contributed by atoms with E-state index < -0.39 is 11.9 Å². The third-order valence-electron chi connectivity index (χ3n) is 2.85. The van der Waals surface area contributed by atoms with E-state index in [-0.39, 0.29) is 5.56 Å². The van der Waals surface area contributed by atoms with Crippen LogP contribution in [0.15, 0.2) is 23.7 Å². The van der Waals surface area contributed by atoms with E-state index in [9.17, 15) is 13.2 Å². The number of H-pyrrole nitrogens is 1. The number of nitrogens with one attached hydrogen (secondary N) is 1. The zero-order chi connectivity index (χ0) is 13.6. The van der Waals surface area contributed by atoms with Crippen molar-refractivity contribution in [1.82, 2.24) is 15.2 Å². The van der Waals surface area contributed by atoms with Crippen molar-refractivity contribution in [1.29, 1.82) is 0 Å². The van der Waals surface area contributed by atoms with Crippen molar-refractivity contribution in [2.75, 3.05) is 0 Å². The summed E-state index contributed by atoms with van der Waals surface area (Å²) in [6, 6.07) is 5.19. The van der Waals surface area contributed by atoms with Gasteiger partial charge in [-0.15, -0.1) is 11.3 Å². The van der Waals surface area contributed by atoms with Gasteiger partial charge < -0.3 is 0 Å². The van der Waals surface area contributed by atoms with Crippen LogP contribution in [-0.4, -0.2) is 15.2 Å². The molecule has 0 aliphatic rings. The molecule has 0 saturated carbocycles. The number of hydrogen-bond acceptors (Lipinski definition) is 3. The molecule has 3 rings (SSSR count). The molecule has 2 heterocycles. The third-order valence-corrected chi connectivity index (χ3v) is 3.64. The maximum absolute atomic E-state index is 13.0. The minimum absolute atomic E-state index is 0.0731. The van der Waals surface area contributed by atoms with Crippen LogP contribution in [0.4, 0.5) is 13.2 Å². The Hall–Kier alpha value is -1.89. The standard InChI is InChI=1S/C12H8F3N3S/c1-6-9(11(18-17-6)12(13,14)15)7-3-2-4-8-10(7)16-5-19-8/h2-5H,1H3,(H,17,18). The number of rotatable bonds is 1. The lowest BCUT2D eigenvalue weighted by molar-refractivity contribution is -0.140. The second-order valence-corrected chi connectivity index (χ2v) is 4.96. The Morgan fingerprint density at radius 3 is 2.79 bits per heavy atom. The Morgan fingerprint density at radius 2 is 2.05 bits per heavy atom. The topological polar surface area (TPSA) is 41.6 Å². The quantitative estimate of drug-likeness (QED) is 0.733. The summed E-state index contributed by atoms with van der Waals surface area (Å²) in [4.78, 5) is 4.15. The van der Waals surface area contributed by atoms with E-state index >= 15 is 0 Å². The lowest BCUT2D eigenvalue weighted by atomic mass is 10.0. The molecule has 3 nitrogen and oxygen atoms in total. The maximum Gasteiger partial charge on any atom is 0.435 e. The molecule has 19 heavy (non-hydrogen) atoms. The van der Waals surface area contributed by atoms with Gasteiger partial charge in [0.25, 0.3) is 0 Å². The largest absolute Gasteiger partial charge is 0.435 e. The number of alkyl halides is 3. The zero-order valence-corrected chi connectivity index (χ0v) is 10.6. The molecule has 0 bridgehead atoms. The maximum atomic E-state index is 13.0. The van der Waals surface area contributed by atoms with Gasteiger partial charge in [0.15, 0.2) is 5.69 Å². The molecular weight excluding hydrogens is 275 g/mol. The second kappa shape index (κ2) is 4.06. The van der Waals surface area contributed by atoms with Gasteiger partial charge in [0, 0.05) is 16.8 Å². The first-order valence-electron chi connectivity index (χ1n) is 5.43. The van der Waals surface area contributed by atoms with E-state index in [0.717, 1.165) is 4.70 Å². The van der Waals surface area contributed by atoms with Crippen LogP contribution in [0.2, 0.25) is 0 Å². The van der Waals surface area contributed by atoms with Crippen molar-refractivity contribution in [2.45, 2.75) is 13.1 Å². The summed E-state index contributed by atoms with van der Waals surface area (Å²) in [7, 11) is 0. The number of benzene rings is 1. The summed E-state index contributed by atoms with van der Waals surface area (Å²) < 4.78 is 39.8. The van der Waals surface area contributed by atoms with Crippen LogP contribution in [-0.2, 0) is 6.18 Å². The normalized spacial score (nSPS) is 12.2. The van der Waals surface area contributed by atoms with Gasteiger partial charge in [0.05, 0.1) is 15.7 Å². The monoisotopic (exact) mass is 283 g/mol. The van der Waals surface area contributed by atoms with Crippen molar-refractivity contribution < 1.29 is 13.2 Å². The highest BCUT2D eigenvalue weighted by Gasteiger charge is 2.38. The van der Waals surface area contributed by atoms with Crippen molar-refractivity contribution in [3.05, 3.63) is 35.1 Å². The van der Waals surface area contributed by atoms with Crippen LogP contribution in [0, 0.1) is 6.92 Å². The summed E-state index contributed by atoms with van der Waals surface area (Å²) in [6.45, 7) is 1.57. The van der Waals surface area contributed by atoms with Crippen molar-refractivity contribution >= 4 is 21.6 Å². The molecule has 0 aliphatic heterocycles. The van der Waals surface area contributed by atoms with Crippen LogP contribution in [0.1, 0.15) is 11.4 Å². The lowest BCUT2D eigenvalue weighted by Crippen LogP contribution is -2.07. The molecule has 0 aliphatic carbocycles. The average molecular weight is 283 g/mol. The number of aromatic nitrogens is 3. The van der Waals surface area contributed by atoms with Crippen molar-refractivity contribution in [3.63, 3.8) is 0 Å². The Morgan fingerprint density at radius 1 is 1.26 bits per heavy atom. The summed E-state index contributed by atoms with van der Waals surface area (Å²) >= 11 is 1.39. The molecule has 0 saturated heterocycles. The molecule has 0 unspecified atom stereocenters. The fourth-order valence-corrected chi connectivity index (χ4v) is 2.76. The number of nitrogens with zero attached hydrogens (tertiary/aromatic N) is 2. The number of para-hydroxylation sites is 1. The van der Waals surface area contributed by atoms with Gasteiger partial charge in [-0.2, -0.15) is 18.3 Å². The second-order valence-electron chi connectivity index (χ2n) is 4.07. The van der Waals surface area contributed by atoms with E-state index in [1.165, 1.54) is 11.3 Å². The van der Waals surface area contributed by atoms with E-state index in [2.05, 4.69) is 15.2 Å². The lowest BCUT2D eigenvalue weighted by Gasteiger charge is -2.07. The van der Waals surface area contributed by atoms with Crippen LogP contribution in [0.5, 0.6) is 0 Å². The van der Waals surface area contributed by atoms with Crippen LogP contribution < -0.4 is 0 Å². The molecule has 0 fully saturated rings. The highest BCUT2D eigenvalue weighted by atomic mass is 32.1. The van der Waals surface area contributed by atoms with Gasteiger partial charge in [-0.25, -0.2) is 4.98 Å². The minimum atomic E-state index is -4.49. The highest BCUT2D eigenvalue weighted by Crippen LogP contribution is 2.39. The van der Waals surface area contributed by atoms with E-state index in [0.29, 0.717) is 16.8 Å². The summed E-state index contributed by atoms with van der Waals surface area (Å²) in [6.07, 6.45) is -4.49. The fourth-order valence-electron chi connectivity index (χ4n) is 2.05. The molecular formula is C12H8F3N3S. The molecule has 0 amide bonds. The van der Waals surface area contributed by atoms with Crippen LogP contribution in [0.25, 0.3) is 21.3 Å². The van der Waals surface area contributed by atoms with Gasteiger partial charge in [-0.1, -0.05) is 12.1 Å². The van der Waals surface area contributed by atoms with Crippen LogP contribution in [0.3, 0.4) is 0 Å². The predicted molar refractivity (Wildman–Crippen MR) is 66.9 cm³/mol. The van der Waals surface area contributed by atoms with E-state index in [1.807, 2.05) is 6.07 Å². The first-order chi connectivity index (χ1) is 8.98. The van der Waals surface area contributed by atoms with Gasteiger partial charge in [-0.3, -0.25) is 5.10 Å². The molecule has 7 heteroatoms. The Labute approximate surface area is 110 Å². The summed E-state index contributed by atoms with van der Waals surface area (Å²) in [5.41, 5.74) is 2.21. The average Bonchev–Trinajstić information content (AvgIpc) is 2.93. The smallest absolute Gasteiger partial charge is 0.282 e. The van der Waals surface area contributed by atoms with Crippen LogP contribution >= 0.6 is 11.3 Å². The Kier molecular flexibility index (Phi) is 2.60. The molecule has 3 aromatic rings. The molecule has 1 aromatic carbocycles. The van der Waals surface area contributed by atoms with Crippen molar-refractivity contribution in [3.8, 4) is 11.1 Å². The third kappa shape index (κ3) is 1.90. The number of fused-ring (bicyclic) bond motifs is 1. The highest BCUT2D eigenvalue weighted by molar-refractivity contribution is 7.16. The summed E-state index contributed by atoms with van der Waals surface area (Å²) in [5, 5.41) is 5.78. The molecule has 2 aromatic heterocycles. The minimum Gasteiger partial charge on any atom is -0.282 e. The Bertz CT molecular complexity index is 742. The molecule has 98 valence electrons. The van der Waals surface area contributed by atoms with Gasteiger partial charge in [0.1, 0.15) is 0 Å². The van der Waals surface area contributed by atoms with Crippen molar-refractivity contribution in [2.24, 2.45) is 0 Å². The molecule has 0 atom stereocenters. The first kappa shape index (κ1) is 12.2. The number of thiazole rings is 1.